The van der Waals surface area contributed by atoms with Crippen LogP contribution in [-0.4, -0.2) is 24.0 Å². The van der Waals surface area contributed by atoms with Crippen LogP contribution < -0.4 is 10.5 Å². The molecule has 0 saturated carbocycles. The van der Waals surface area contributed by atoms with Crippen molar-refractivity contribution >= 4 is 11.6 Å². The van der Waals surface area contributed by atoms with Gasteiger partial charge in [0.2, 0.25) is 0 Å². The highest BCUT2D eigenvalue weighted by atomic mass is 35.5. The summed E-state index contributed by atoms with van der Waals surface area (Å²) in [6, 6.07) is 15.9. The Morgan fingerprint density at radius 2 is 1.91 bits per heavy atom. The maximum atomic E-state index is 6.07. The summed E-state index contributed by atoms with van der Waals surface area (Å²) in [6.07, 6.45) is 2.29. The Morgan fingerprint density at radius 1 is 1.14 bits per heavy atom. The highest BCUT2D eigenvalue weighted by Gasteiger charge is 2.18. The third kappa shape index (κ3) is 4.01. The van der Waals surface area contributed by atoms with Crippen molar-refractivity contribution in [1.82, 2.24) is 4.90 Å². The highest BCUT2D eigenvalue weighted by Crippen LogP contribution is 2.27. The summed E-state index contributed by atoms with van der Waals surface area (Å²) >= 11 is 5.91. The van der Waals surface area contributed by atoms with Gasteiger partial charge in [-0.25, -0.2) is 0 Å². The van der Waals surface area contributed by atoms with Crippen LogP contribution in [0.3, 0.4) is 0 Å². The van der Waals surface area contributed by atoms with E-state index in [0.717, 1.165) is 37.6 Å². The van der Waals surface area contributed by atoms with Crippen LogP contribution in [0.15, 0.2) is 48.5 Å². The molecular weight excluding hydrogens is 296 g/mol. The summed E-state index contributed by atoms with van der Waals surface area (Å²) in [7, 11) is 0. The largest absolute Gasteiger partial charge is 0.457 e. The van der Waals surface area contributed by atoms with E-state index in [4.69, 9.17) is 22.1 Å². The fourth-order valence-corrected chi connectivity index (χ4v) is 2.97. The maximum absolute atomic E-state index is 6.07. The molecule has 1 saturated heterocycles. The van der Waals surface area contributed by atoms with Crippen molar-refractivity contribution in [3.8, 4) is 11.5 Å². The van der Waals surface area contributed by atoms with Gasteiger partial charge >= 0.3 is 0 Å². The van der Waals surface area contributed by atoms with Gasteiger partial charge in [0.1, 0.15) is 11.5 Å². The summed E-state index contributed by atoms with van der Waals surface area (Å²) in [5.74, 6) is 1.69. The minimum Gasteiger partial charge on any atom is -0.457 e. The first-order valence-corrected chi connectivity index (χ1v) is 8.08. The number of benzene rings is 2. The van der Waals surface area contributed by atoms with Crippen molar-refractivity contribution in [3.05, 3.63) is 59.1 Å². The Kier molecular flexibility index (Phi) is 4.98. The first kappa shape index (κ1) is 15.3. The molecule has 0 amide bonds. The van der Waals surface area contributed by atoms with Crippen LogP contribution >= 0.6 is 11.6 Å². The van der Waals surface area contributed by atoms with Crippen LogP contribution in [0.1, 0.15) is 18.4 Å². The molecule has 0 aromatic heterocycles. The van der Waals surface area contributed by atoms with E-state index in [0.29, 0.717) is 5.02 Å². The van der Waals surface area contributed by atoms with E-state index in [1.165, 1.54) is 12.0 Å². The average molecular weight is 317 g/mol. The smallest absolute Gasteiger partial charge is 0.131 e. The Bertz CT molecular complexity index is 615. The lowest BCUT2D eigenvalue weighted by Gasteiger charge is -2.31. The van der Waals surface area contributed by atoms with E-state index < -0.39 is 0 Å². The molecule has 116 valence electrons. The molecule has 1 heterocycles. The standard InChI is InChI=1S/C18H21ClN2O/c19-15-7-9-17(10-8-15)22-18-6-2-1-4-14(18)12-21-11-3-5-16(20)13-21/h1-2,4,6-10,16H,3,5,11-13,20H2. The molecule has 0 radical (unpaired) electrons. The fourth-order valence-electron chi connectivity index (χ4n) is 2.84. The molecule has 1 atom stereocenters. The number of para-hydroxylation sites is 1. The van der Waals surface area contributed by atoms with Crippen molar-refractivity contribution in [2.75, 3.05) is 13.1 Å². The highest BCUT2D eigenvalue weighted by molar-refractivity contribution is 6.30. The SMILES string of the molecule is NC1CCCN(Cc2ccccc2Oc2ccc(Cl)cc2)C1. The number of halogens is 1. The fraction of sp³-hybridized carbons (Fsp3) is 0.333. The zero-order valence-corrected chi connectivity index (χ0v) is 13.3. The third-order valence-corrected chi connectivity index (χ3v) is 4.20. The minimum atomic E-state index is 0.290. The van der Waals surface area contributed by atoms with E-state index >= 15 is 0 Å². The second kappa shape index (κ2) is 7.14. The van der Waals surface area contributed by atoms with Crippen molar-refractivity contribution in [2.24, 2.45) is 5.73 Å². The summed E-state index contributed by atoms with van der Waals surface area (Å²) in [5, 5.41) is 0.711. The summed E-state index contributed by atoms with van der Waals surface area (Å²) in [5.41, 5.74) is 7.26. The predicted molar refractivity (Wildman–Crippen MR) is 90.5 cm³/mol. The maximum Gasteiger partial charge on any atom is 0.131 e. The average Bonchev–Trinajstić information content (AvgIpc) is 2.51. The topological polar surface area (TPSA) is 38.5 Å². The third-order valence-electron chi connectivity index (χ3n) is 3.95. The van der Waals surface area contributed by atoms with Gasteiger partial charge in [0.05, 0.1) is 0 Å². The molecule has 22 heavy (non-hydrogen) atoms. The number of likely N-dealkylation sites (tertiary alicyclic amines) is 1. The molecule has 2 N–H and O–H groups in total. The van der Waals surface area contributed by atoms with Gasteiger partial charge in [-0.2, -0.15) is 0 Å². The van der Waals surface area contributed by atoms with E-state index in [1.807, 2.05) is 42.5 Å². The van der Waals surface area contributed by atoms with Gasteiger partial charge in [0.25, 0.3) is 0 Å². The lowest BCUT2D eigenvalue weighted by Crippen LogP contribution is -2.42. The van der Waals surface area contributed by atoms with Crippen molar-refractivity contribution in [1.29, 1.82) is 0 Å². The van der Waals surface area contributed by atoms with E-state index in [-0.39, 0.29) is 6.04 Å². The molecule has 2 aromatic rings. The predicted octanol–water partition coefficient (Wildman–Crippen LogP) is 4.06. The summed E-state index contributed by atoms with van der Waals surface area (Å²) < 4.78 is 6.02. The van der Waals surface area contributed by atoms with Gasteiger partial charge in [-0.1, -0.05) is 29.8 Å². The number of rotatable bonds is 4. The summed E-state index contributed by atoms with van der Waals surface area (Å²) in [6.45, 7) is 2.93. The van der Waals surface area contributed by atoms with Crippen molar-refractivity contribution in [2.45, 2.75) is 25.4 Å². The number of hydrogen-bond acceptors (Lipinski definition) is 3. The number of nitrogens with two attached hydrogens (primary N) is 1. The van der Waals surface area contributed by atoms with Gasteiger partial charge in [-0.05, 0) is 49.7 Å². The quantitative estimate of drug-likeness (QED) is 0.924. The molecule has 3 rings (SSSR count). The molecule has 0 spiro atoms. The van der Waals surface area contributed by atoms with Crippen molar-refractivity contribution < 1.29 is 4.74 Å². The van der Waals surface area contributed by atoms with E-state index in [1.54, 1.807) is 0 Å². The molecule has 1 aliphatic heterocycles. The Hall–Kier alpha value is -1.55. The van der Waals surface area contributed by atoms with E-state index in [2.05, 4.69) is 11.0 Å². The number of nitrogens with zero attached hydrogens (tertiary/aromatic N) is 1. The van der Waals surface area contributed by atoms with Crippen LogP contribution in [0.4, 0.5) is 0 Å². The zero-order chi connectivity index (χ0) is 15.4. The van der Waals surface area contributed by atoms with Crippen LogP contribution in [0.5, 0.6) is 11.5 Å². The molecule has 3 nitrogen and oxygen atoms in total. The second-order valence-electron chi connectivity index (χ2n) is 5.80. The monoisotopic (exact) mass is 316 g/mol. The van der Waals surface area contributed by atoms with Crippen LogP contribution in [-0.2, 0) is 6.54 Å². The van der Waals surface area contributed by atoms with Crippen molar-refractivity contribution in [3.63, 3.8) is 0 Å². The van der Waals surface area contributed by atoms with Gasteiger partial charge in [-0.3, -0.25) is 4.90 Å². The molecule has 1 aliphatic rings. The number of ether oxygens (including phenoxy) is 1. The van der Waals surface area contributed by atoms with E-state index in [9.17, 15) is 0 Å². The van der Waals surface area contributed by atoms with Gasteiger partial charge < -0.3 is 10.5 Å². The molecule has 4 heteroatoms. The molecule has 2 aromatic carbocycles. The Labute approximate surface area is 136 Å². The molecule has 1 unspecified atom stereocenters. The Morgan fingerprint density at radius 3 is 2.68 bits per heavy atom. The first-order valence-electron chi connectivity index (χ1n) is 7.70. The normalized spacial score (nSPS) is 19.1. The first-order chi connectivity index (χ1) is 10.7. The number of hydrogen-bond donors (Lipinski definition) is 1. The molecule has 0 aliphatic carbocycles. The second-order valence-corrected chi connectivity index (χ2v) is 6.24. The number of piperidine rings is 1. The van der Waals surface area contributed by atoms with Gasteiger partial charge in [0.15, 0.2) is 0 Å². The van der Waals surface area contributed by atoms with Gasteiger partial charge in [0, 0.05) is 29.7 Å². The zero-order valence-electron chi connectivity index (χ0n) is 12.5. The molecular formula is C18H21ClN2O. The molecule has 1 fully saturated rings. The minimum absolute atomic E-state index is 0.290. The van der Waals surface area contributed by atoms with Crippen LogP contribution in [0.2, 0.25) is 5.02 Å². The Balaban J connectivity index is 1.73. The summed E-state index contributed by atoms with van der Waals surface area (Å²) in [4.78, 5) is 2.40. The lowest BCUT2D eigenvalue weighted by molar-refractivity contribution is 0.200. The van der Waals surface area contributed by atoms with Crippen LogP contribution in [0.25, 0.3) is 0 Å². The lowest BCUT2D eigenvalue weighted by atomic mass is 10.1. The molecule has 0 bridgehead atoms. The van der Waals surface area contributed by atoms with Gasteiger partial charge in [-0.15, -0.1) is 0 Å². The van der Waals surface area contributed by atoms with Crippen LogP contribution in [0, 0.1) is 0 Å².